The van der Waals surface area contributed by atoms with Crippen molar-refractivity contribution in [3.05, 3.63) is 5.96 Å². The molecule has 4 heteroatoms. The van der Waals surface area contributed by atoms with E-state index in [0.717, 1.165) is 0 Å². The summed E-state index contributed by atoms with van der Waals surface area (Å²) in [7, 11) is 0. The van der Waals surface area contributed by atoms with Crippen LogP contribution in [0.25, 0.3) is 5.96 Å². The van der Waals surface area contributed by atoms with Crippen LogP contribution in [0.15, 0.2) is 0 Å². The zero-order valence-electron chi connectivity index (χ0n) is 2.88. The van der Waals surface area contributed by atoms with Crippen molar-refractivity contribution in [1.82, 2.24) is 0 Å². The van der Waals surface area contributed by atoms with E-state index in [2.05, 4.69) is 5.96 Å². The average molecular weight is 112 g/mol. The molecule has 0 rings (SSSR count). The van der Waals surface area contributed by atoms with Crippen LogP contribution in [0, 0.1) is 0 Å². The molecule has 0 aliphatic heterocycles. The van der Waals surface area contributed by atoms with Gasteiger partial charge < -0.3 is 10.4 Å². The van der Waals surface area contributed by atoms with Crippen LogP contribution in [0.4, 0.5) is 4.48 Å². The molecule has 0 spiro atoms. The molecular formula is HFK2N+. The van der Waals surface area contributed by atoms with E-state index in [1.54, 1.807) is 0 Å². The first kappa shape index (κ1) is 15.7. The topological polar surface area (TPSA) is 23.8 Å². The first-order valence-electron chi connectivity index (χ1n) is 0.189. The molecule has 0 saturated heterocycles. The molecular weight excluding hydrogens is 111 g/mol. The van der Waals surface area contributed by atoms with Gasteiger partial charge in [0.25, 0.3) is 0 Å². The van der Waals surface area contributed by atoms with Crippen LogP contribution in [0.2, 0.25) is 0 Å². The van der Waals surface area contributed by atoms with Crippen LogP contribution < -0.4 is 103 Å². The molecule has 0 heterocycles. The van der Waals surface area contributed by atoms with Gasteiger partial charge in [0.15, 0.2) is 0 Å². The Bertz CT molecular complexity index is 6.00. The number of rotatable bonds is 0. The maximum atomic E-state index is 8.75. The van der Waals surface area contributed by atoms with E-state index in [4.69, 9.17) is 4.48 Å². The summed E-state index contributed by atoms with van der Waals surface area (Å²) in [5, 5.41) is 0. The Morgan fingerprint density at radius 3 is 1.00 bits per heavy atom. The molecule has 0 saturated carbocycles. The summed E-state index contributed by atoms with van der Waals surface area (Å²) in [6.07, 6.45) is 0. The second kappa shape index (κ2) is 16.4. The minimum absolute atomic E-state index is 0. The third-order valence-electron chi connectivity index (χ3n) is 0. The second-order valence-corrected chi connectivity index (χ2v) is 0. The van der Waals surface area contributed by atoms with Crippen LogP contribution in [0.3, 0.4) is 0 Å². The molecule has 0 radical (unpaired) electrons. The van der Waals surface area contributed by atoms with E-state index in [-0.39, 0.29) is 103 Å². The quantitative estimate of drug-likeness (QED) is 0.280. The van der Waals surface area contributed by atoms with Crippen molar-refractivity contribution in [3.63, 3.8) is 0 Å². The van der Waals surface area contributed by atoms with Crippen molar-refractivity contribution in [3.8, 4) is 0 Å². The molecule has 0 unspecified atom stereocenters. The van der Waals surface area contributed by atoms with Gasteiger partial charge in [-0.2, -0.15) is 0 Å². The minimum Gasteiger partial charge on any atom is -0.507 e. The van der Waals surface area contributed by atoms with E-state index in [0.29, 0.717) is 0 Å². The Hall–Kier alpha value is 3.16. The molecule has 0 aliphatic carbocycles. The van der Waals surface area contributed by atoms with Crippen molar-refractivity contribution >= 4 is 0 Å². The summed E-state index contributed by atoms with van der Waals surface area (Å²) >= 11 is 0. The molecule has 0 atom stereocenters. The fraction of sp³-hybridized carbons (Fsp3) is 0. The van der Waals surface area contributed by atoms with Gasteiger partial charge in [-0.15, -0.1) is 0 Å². The van der Waals surface area contributed by atoms with Crippen LogP contribution in [-0.4, -0.2) is 0 Å². The molecule has 0 aliphatic rings. The van der Waals surface area contributed by atoms with E-state index >= 15 is 0 Å². The normalized spacial score (nSPS) is 1.50. The summed E-state index contributed by atoms with van der Waals surface area (Å²) in [5.74, 6) is 4.25. The first-order valence-corrected chi connectivity index (χ1v) is 0.189. The van der Waals surface area contributed by atoms with Crippen LogP contribution in [0.5, 0.6) is 0 Å². The summed E-state index contributed by atoms with van der Waals surface area (Å²) in [5.41, 5.74) is 0. The number of halogens is 1. The van der Waals surface area contributed by atoms with Gasteiger partial charge in [0.1, 0.15) is 0 Å². The summed E-state index contributed by atoms with van der Waals surface area (Å²) in [6, 6.07) is 0. The van der Waals surface area contributed by atoms with Gasteiger partial charge in [-0.1, -0.05) is 0 Å². The predicted octanol–water partition coefficient (Wildman–Crippen LogP) is -5.07. The molecule has 4 heavy (non-hydrogen) atoms. The maximum Gasteiger partial charge on any atom is 1.00 e. The Balaban J connectivity index is -0.00000000500. The standard InChI is InChI=1S/FHN.2K/c1-2;;/h2H;;/q-1;2*+1. The summed E-state index contributed by atoms with van der Waals surface area (Å²) in [6.45, 7) is 0. The fourth-order valence-electron chi connectivity index (χ4n) is 0. The van der Waals surface area contributed by atoms with Gasteiger partial charge in [-0.3, -0.25) is 0 Å². The Morgan fingerprint density at radius 2 is 1.00 bits per heavy atom. The largest absolute Gasteiger partial charge is 1.00 e. The molecule has 0 aromatic heterocycles. The smallest absolute Gasteiger partial charge is 0.507 e. The third kappa shape index (κ3) is 8.94. The van der Waals surface area contributed by atoms with E-state index in [1.165, 1.54) is 0 Å². The van der Waals surface area contributed by atoms with Crippen molar-refractivity contribution in [1.29, 1.82) is 0 Å². The van der Waals surface area contributed by atoms with Gasteiger partial charge in [-0.05, 0) is 0 Å². The summed E-state index contributed by atoms with van der Waals surface area (Å²) < 4.78 is 8.75. The average Bonchev–Trinajstić information content (AvgIpc) is 1.00. The first-order chi connectivity index (χ1) is 1.00. The van der Waals surface area contributed by atoms with Gasteiger partial charge in [-0.25, -0.2) is 0 Å². The second-order valence-electron chi connectivity index (χ2n) is 0. The Labute approximate surface area is 110 Å². The molecule has 1 nitrogen and oxygen atoms in total. The zero-order valence-corrected chi connectivity index (χ0v) is 9.12. The third-order valence-corrected chi connectivity index (χ3v) is 0. The van der Waals surface area contributed by atoms with Gasteiger partial charge in [0.05, 0.1) is 0 Å². The Kier molecular flexibility index (Phi) is 64.4. The van der Waals surface area contributed by atoms with Gasteiger partial charge in [0.2, 0.25) is 0 Å². The van der Waals surface area contributed by atoms with Crippen molar-refractivity contribution in [2.75, 3.05) is 0 Å². The van der Waals surface area contributed by atoms with Crippen molar-refractivity contribution in [2.24, 2.45) is 0 Å². The van der Waals surface area contributed by atoms with Gasteiger partial charge >= 0.3 is 103 Å². The number of hydrogen-bond donors (Lipinski definition) is 0. The molecule has 0 fully saturated rings. The number of nitrogens with one attached hydrogen (secondary N) is 1. The molecule has 14 valence electrons. The predicted molar refractivity (Wildman–Crippen MR) is 5.43 cm³/mol. The SMILES string of the molecule is [K+].[K+].[NH-]F. The van der Waals surface area contributed by atoms with Crippen molar-refractivity contribution in [2.45, 2.75) is 0 Å². The zero-order chi connectivity index (χ0) is 2.00. The molecule has 0 aromatic rings. The minimum atomic E-state index is 0. The molecule has 0 bridgehead atoms. The molecule has 0 amide bonds. The van der Waals surface area contributed by atoms with Crippen LogP contribution in [0.1, 0.15) is 0 Å². The van der Waals surface area contributed by atoms with E-state index in [9.17, 15) is 0 Å². The number of hydrogen-bond acceptors (Lipinski definition) is 0. The van der Waals surface area contributed by atoms with Crippen LogP contribution in [-0.2, 0) is 0 Å². The van der Waals surface area contributed by atoms with Crippen molar-refractivity contribution < 1.29 is 107 Å². The Morgan fingerprint density at radius 1 is 1.00 bits per heavy atom. The molecule has 0 aromatic carbocycles. The fourth-order valence-corrected chi connectivity index (χ4v) is 0. The maximum absolute atomic E-state index is 8.75. The van der Waals surface area contributed by atoms with Crippen LogP contribution >= 0.6 is 0 Å². The monoisotopic (exact) mass is 112 g/mol. The summed E-state index contributed by atoms with van der Waals surface area (Å²) in [4.78, 5) is 0. The van der Waals surface area contributed by atoms with Gasteiger partial charge in [0, 0.05) is 0 Å². The van der Waals surface area contributed by atoms with E-state index < -0.39 is 0 Å². The molecule has 1 N–H and O–H groups in total. The van der Waals surface area contributed by atoms with E-state index in [1.807, 2.05) is 0 Å².